The number of likely N-dealkylation sites (tertiary alicyclic amines) is 1. The van der Waals surface area contributed by atoms with Crippen LogP contribution in [-0.4, -0.2) is 64.0 Å². The summed E-state index contributed by atoms with van der Waals surface area (Å²) >= 11 is 12.2. The van der Waals surface area contributed by atoms with Gasteiger partial charge in [0, 0.05) is 29.6 Å². The first-order valence-corrected chi connectivity index (χ1v) is 12.5. The molecule has 0 saturated carbocycles. The lowest BCUT2D eigenvalue weighted by atomic mass is 9.95. The molecule has 10 heteroatoms. The Morgan fingerprint density at radius 1 is 1.03 bits per heavy atom. The second-order valence-electron chi connectivity index (χ2n) is 9.00. The lowest BCUT2D eigenvalue weighted by Gasteiger charge is -2.33. The highest BCUT2D eigenvalue weighted by atomic mass is 35.5. The molecular weight excluding hydrogens is 507 g/mol. The van der Waals surface area contributed by atoms with Crippen molar-refractivity contribution in [3.8, 4) is 0 Å². The molecule has 8 nitrogen and oxygen atoms in total. The minimum atomic E-state index is -1.16. The number of halogens is 2. The molecule has 190 valence electrons. The lowest BCUT2D eigenvalue weighted by Crippen LogP contribution is -2.51. The summed E-state index contributed by atoms with van der Waals surface area (Å²) in [5.41, 5.74) is 1.57. The van der Waals surface area contributed by atoms with Crippen LogP contribution in [0.3, 0.4) is 0 Å². The van der Waals surface area contributed by atoms with Gasteiger partial charge in [0.05, 0.1) is 12.0 Å². The lowest BCUT2D eigenvalue weighted by molar-refractivity contribution is -0.148. The number of benzene rings is 2. The van der Waals surface area contributed by atoms with Gasteiger partial charge in [-0.05, 0) is 48.9 Å². The van der Waals surface area contributed by atoms with E-state index in [0.29, 0.717) is 22.9 Å². The largest absolute Gasteiger partial charge is 0.481 e. The number of cyclic esters (lactones) is 1. The highest BCUT2D eigenvalue weighted by Gasteiger charge is 2.50. The molecule has 1 N–H and O–H groups in total. The number of carbonyl (C=O) groups excluding carboxylic acids is 3. The van der Waals surface area contributed by atoms with Crippen LogP contribution in [-0.2, 0) is 32.0 Å². The molecule has 2 saturated heterocycles. The van der Waals surface area contributed by atoms with Crippen LogP contribution in [0.15, 0.2) is 48.5 Å². The van der Waals surface area contributed by atoms with E-state index in [1.807, 2.05) is 30.3 Å². The van der Waals surface area contributed by atoms with E-state index < -0.39 is 41.9 Å². The van der Waals surface area contributed by atoms with E-state index in [1.54, 1.807) is 18.2 Å². The zero-order valence-electron chi connectivity index (χ0n) is 19.4. The minimum Gasteiger partial charge on any atom is -0.481 e. The number of aliphatic carboxylic acids is 1. The van der Waals surface area contributed by atoms with Gasteiger partial charge in [-0.1, -0.05) is 59.6 Å². The van der Waals surface area contributed by atoms with Crippen LogP contribution in [0.2, 0.25) is 10.0 Å². The van der Waals surface area contributed by atoms with Gasteiger partial charge in [-0.2, -0.15) is 0 Å². The minimum absolute atomic E-state index is 0.00728. The van der Waals surface area contributed by atoms with Crippen molar-refractivity contribution in [2.75, 3.05) is 13.1 Å². The number of ether oxygens (including phenoxy) is 1. The maximum Gasteiger partial charge on any atom is 0.417 e. The number of hydrogen-bond acceptors (Lipinski definition) is 5. The Morgan fingerprint density at radius 3 is 2.36 bits per heavy atom. The monoisotopic (exact) mass is 532 g/mol. The summed E-state index contributed by atoms with van der Waals surface area (Å²) < 4.78 is 5.48. The third kappa shape index (κ3) is 5.82. The number of carbonyl (C=O) groups is 4. The standard InChI is InChI=1S/C26H26Cl2N2O6/c27-19-8-6-17(20(28)15-19)7-9-22(31)30-21(14-16-4-2-1-3-5-16)23(36-26(30)35)24(32)29-12-10-18(11-13-29)25(33)34/h1-6,8,15,18,21,23H,7,9-14H2,(H,33,34)/t21-,23+/m0/s1. The summed E-state index contributed by atoms with van der Waals surface area (Å²) in [6, 6.07) is 13.4. The summed E-state index contributed by atoms with van der Waals surface area (Å²) in [4.78, 5) is 53.3. The number of hydrogen-bond donors (Lipinski definition) is 1. The third-order valence-corrected chi connectivity index (χ3v) is 7.27. The summed E-state index contributed by atoms with van der Waals surface area (Å²) in [5.74, 6) is -2.26. The SMILES string of the molecule is O=C(O)C1CCN(C(=O)[C@@H]2OC(=O)N(C(=O)CCc3ccc(Cl)cc3Cl)[C@H]2Cc2ccccc2)CC1. The van der Waals surface area contributed by atoms with Crippen LogP contribution in [0.5, 0.6) is 0 Å². The first-order valence-electron chi connectivity index (χ1n) is 11.8. The maximum atomic E-state index is 13.4. The number of aryl methyl sites for hydroxylation is 1. The molecule has 0 bridgehead atoms. The number of carboxylic acid groups (broad SMARTS) is 1. The van der Waals surface area contributed by atoms with Crippen molar-refractivity contribution < 1.29 is 29.0 Å². The summed E-state index contributed by atoms with van der Waals surface area (Å²) in [5, 5.41) is 10.2. The molecule has 0 aromatic heterocycles. The van der Waals surface area contributed by atoms with Crippen LogP contribution in [0, 0.1) is 5.92 Å². The van der Waals surface area contributed by atoms with E-state index in [4.69, 9.17) is 27.9 Å². The molecule has 3 amide bonds. The Kier molecular flexibility index (Phi) is 8.16. The van der Waals surface area contributed by atoms with Gasteiger partial charge in [-0.3, -0.25) is 14.4 Å². The fraction of sp³-hybridized carbons (Fsp3) is 0.385. The van der Waals surface area contributed by atoms with E-state index >= 15 is 0 Å². The average Bonchev–Trinajstić information content (AvgIpc) is 3.19. The van der Waals surface area contributed by atoms with Crippen molar-refractivity contribution in [3.63, 3.8) is 0 Å². The zero-order chi connectivity index (χ0) is 25.8. The smallest absolute Gasteiger partial charge is 0.417 e. The number of nitrogens with zero attached hydrogens (tertiary/aromatic N) is 2. The van der Waals surface area contributed by atoms with Crippen molar-refractivity contribution in [2.24, 2.45) is 5.92 Å². The van der Waals surface area contributed by atoms with E-state index in [-0.39, 0.29) is 32.4 Å². The summed E-state index contributed by atoms with van der Waals surface area (Å²) in [7, 11) is 0. The second kappa shape index (κ2) is 11.3. The third-order valence-electron chi connectivity index (χ3n) is 6.68. The van der Waals surface area contributed by atoms with E-state index in [1.165, 1.54) is 4.90 Å². The number of piperidine rings is 1. The molecule has 2 atom stereocenters. The Balaban J connectivity index is 1.52. The van der Waals surface area contributed by atoms with E-state index in [9.17, 15) is 24.3 Å². The highest BCUT2D eigenvalue weighted by Crippen LogP contribution is 2.29. The second-order valence-corrected chi connectivity index (χ2v) is 9.84. The van der Waals surface area contributed by atoms with Gasteiger partial charge in [0.15, 0.2) is 0 Å². The number of amides is 3. The van der Waals surface area contributed by atoms with Gasteiger partial charge in [0.1, 0.15) is 0 Å². The van der Waals surface area contributed by atoms with Gasteiger partial charge in [0.2, 0.25) is 12.0 Å². The van der Waals surface area contributed by atoms with Gasteiger partial charge < -0.3 is 14.7 Å². The molecule has 2 aliphatic heterocycles. The van der Waals surface area contributed by atoms with Gasteiger partial charge >= 0.3 is 12.1 Å². The molecule has 4 rings (SSSR count). The molecular formula is C26H26Cl2N2O6. The molecule has 2 heterocycles. The molecule has 2 aromatic carbocycles. The zero-order valence-corrected chi connectivity index (χ0v) is 21.0. The number of carboxylic acids is 1. The summed E-state index contributed by atoms with van der Waals surface area (Å²) in [6.07, 6.45) is -0.832. The molecule has 0 aliphatic carbocycles. The van der Waals surface area contributed by atoms with Crippen molar-refractivity contribution in [3.05, 3.63) is 69.7 Å². The van der Waals surface area contributed by atoms with Crippen LogP contribution < -0.4 is 0 Å². The van der Waals surface area contributed by atoms with Crippen LogP contribution >= 0.6 is 23.2 Å². The Morgan fingerprint density at radius 2 is 1.72 bits per heavy atom. The topological polar surface area (TPSA) is 104 Å². The van der Waals surface area contributed by atoms with Gasteiger partial charge in [0.25, 0.3) is 5.91 Å². The van der Waals surface area contributed by atoms with Crippen molar-refractivity contribution in [1.82, 2.24) is 9.80 Å². The molecule has 36 heavy (non-hydrogen) atoms. The normalized spacial score (nSPS) is 20.3. The first kappa shape index (κ1) is 26.0. The predicted octanol–water partition coefficient (Wildman–Crippen LogP) is 4.21. The molecule has 2 fully saturated rings. The fourth-order valence-electron chi connectivity index (χ4n) is 4.68. The predicted molar refractivity (Wildman–Crippen MR) is 133 cm³/mol. The molecule has 0 radical (unpaired) electrons. The van der Waals surface area contributed by atoms with E-state index in [2.05, 4.69) is 0 Å². The Labute approximate surface area is 218 Å². The molecule has 0 unspecified atom stereocenters. The number of rotatable bonds is 7. The molecule has 0 spiro atoms. The fourth-order valence-corrected chi connectivity index (χ4v) is 5.19. The Bertz CT molecular complexity index is 1150. The highest BCUT2D eigenvalue weighted by molar-refractivity contribution is 6.35. The van der Waals surface area contributed by atoms with Crippen molar-refractivity contribution in [1.29, 1.82) is 0 Å². The summed E-state index contributed by atoms with van der Waals surface area (Å²) in [6.45, 7) is 0.510. The molecule has 2 aliphatic rings. The Hall–Kier alpha value is -3.10. The van der Waals surface area contributed by atoms with Gasteiger partial charge in [-0.25, -0.2) is 9.69 Å². The van der Waals surface area contributed by atoms with Crippen LogP contribution in [0.25, 0.3) is 0 Å². The van der Waals surface area contributed by atoms with Crippen molar-refractivity contribution in [2.45, 2.75) is 44.2 Å². The maximum absolute atomic E-state index is 13.4. The average molecular weight is 533 g/mol. The van der Waals surface area contributed by atoms with Crippen LogP contribution in [0.1, 0.15) is 30.4 Å². The van der Waals surface area contributed by atoms with Gasteiger partial charge in [-0.15, -0.1) is 0 Å². The van der Waals surface area contributed by atoms with Crippen LogP contribution in [0.4, 0.5) is 4.79 Å². The first-order chi connectivity index (χ1) is 17.2. The van der Waals surface area contributed by atoms with E-state index in [0.717, 1.165) is 16.0 Å². The quantitative estimate of drug-likeness (QED) is 0.572. The number of imide groups is 1. The molecule has 2 aromatic rings. The van der Waals surface area contributed by atoms with Crippen molar-refractivity contribution >= 4 is 47.1 Å².